The lowest BCUT2D eigenvalue weighted by atomic mass is 10.1. The third-order valence-electron chi connectivity index (χ3n) is 4.52. The molecule has 25 heavy (non-hydrogen) atoms. The van der Waals surface area contributed by atoms with Crippen LogP contribution in [-0.4, -0.2) is 53.4 Å². The summed E-state index contributed by atoms with van der Waals surface area (Å²) in [6.45, 7) is 3.93. The molecule has 1 saturated heterocycles. The second-order valence-corrected chi connectivity index (χ2v) is 6.18. The highest BCUT2D eigenvalue weighted by molar-refractivity contribution is 5.94. The Morgan fingerprint density at radius 1 is 1.00 bits per heavy atom. The van der Waals surface area contributed by atoms with Gasteiger partial charge < -0.3 is 4.90 Å². The first-order valence-corrected chi connectivity index (χ1v) is 8.43. The SMILES string of the molecule is O=C(c1cccc([N+](=O)[O-])c1)N1CCN(CCc2ccccc2)CC1. The Morgan fingerprint density at radius 3 is 2.40 bits per heavy atom. The lowest BCUT2D eigenvalue weighted by Crippen LogP contribution is -2.49. The molecule has 0 aliphatic carbocycles. The number of piperazine rings is 1. The molecule has 1 heterocycles. The molecule has 0 radical (unpaired) electrons. The molecule has 3 rings (SSSR count). The van der Waals surface area contributed by atoms with Gasteiger partial charge in [-0.25, -0.2) is 0 Å². The van der Waals surface area contributed by atoms with Crippen LogP contribution in [0.1, 0.15) is 15.9 Å². The molecule has 6 heteroatoms. The second-order valence-electron chi connectivity index (χ2n) is 6.18. The normalized spacial score (nSPS) is 15.1. The number of non-ortho nitro benzene ring substituents is 1. The van der Waals surface area contributed by atoms with E-state index in [0.717, 1.165) is 26.1 Å². The largest absolute Gasteiger partial charge is 0.336 e. The van der Waals surface area contributed by atoms with E-state index in [1.807, 2.05) is 18.2 Å². The van der Waals surface area contributed by atoms with Crippen LogP contribution in [0, 0.1) is 10.1 Å². The molecule has 130 valence electrons. The second kappa shape index (κ2) is 7.90. The Hall–Kier alpha value is -2.73. The van der Waals surface area contributed by atoms with Gasteiger partial charge in [-0.2, -0.15) is 0 Å². The van der Waals surface area contributed by atoms with Gasteiger partial charge in [0.05, 0.1) is 4.92 Å². The van der Waals surface area contributed by atoms with Crippen LogP contribution in [0.15, 0.2) is 54.6 Å². The van der Waals surface area contributed by atoms with Gasteiger partial charge in [0.2, 0.25) is 0 Å². The van der Waals surface area contributed by atoms with E-state index in [-0.39, 0.29) is 11.6 Å². The number of amides is 1. The molecule has 2 aromatic carbocycles. The van der Waals surface area contributed by atoms with Crippen molar-refractivity contribution in [3.05, 3.63) is 75.8 Å². The average molecular weight is 339 g/mol. The van der Waals surface area contributed by atoms with E-state index < -0.39 is 4.92 Å². The maximum Gasteiger partial charge on any atom is 0.270 e. The van der Waals surface area contributed by atoms with Gasteiger partial charge >= 0.3 is 0 Å². The topological polar surface area (TPSA) is 66.7 Å². The van der Waals surface area contributed by atoms with Crippen molar-refractivity contribution in [1.82, 2.24) is 9.80 Å². The molecule has 0 unspecified atom stereocenters. The molecule has 0 bridgehead atoms. The Bertz CT molecular complexity index is 741. The molecule has 1 fully saturated rings. The van der Waals surface area contributed by atoms with Crippen LogP contribution < -0.4 is 0 Å². The average Bonchev–Trinajstić information content (AvgIpc) is 2.67. The Balaban J connectivity index is 1.52. The summed E-state index contributed by atoms with van der Waals surface area (Å²) in [6.07, 6.45) is 1.000. The molecule has 1 aliphatic heterocycles. The van der Waals surface area contributed by atoms with E-state index in [9.17, 15) is 14.9 Å². The van der Waals surface area contributed by atoms with E-state index in [0.29, 0.717) is 18.7 Å². The van der Waals surface area contributed by atoms with Gasteiger partial charge in [-0.05, 0) is 18.1 Å². The molecular weight excluding hydrogens is 318 g/mol. The number of carbonyl (C=O) groups is 1. The fraction of sp³-hybridized carbons (Fsp3) is 0.316. The monoisotopic (exact) mass is 339 g/mol. The number of benzene rings is 2. The summed E-state index contributed by atoms with van der Waals surface area (Å²) in [7, 11) is 0. The number of hydrogen-bond acceptors (Lipinski definition) is 4. The number of nitro benzene ring substituents is 1. The highest BCUT2D eigenvalue weighted by Crippen LogP contribution is 2.16. The summed E-state index contributed by atoms with van der Waals surface area (Å²) in [5, 5.41) is 10.9. The quantitative estimate of drug-likeness (QED) is 0.620. The van der Waals surface area contributed by atoms with Crippen LogP contribution in [0.5, 0.6) is 0 Å². The fourth-order valence-electron chi connectivity index (χ4n) is 3.04. The van der Waals surface area contributed by atoms with Crippen LogP contribution in [0.2, 0.25) is 0 Å². The predicted octanol–water partition coefficient (Wildman–Crippen LogP) is 2.60. The third kappa shape index (κ3) is 4.42. The van der Waals surface area contributed by atoms with Gasteiger partial charge in [-0.3, -0.25) is 19.8 Å². The van der Waals surface area contributed by atoms with Gasteiger partial charge in [-0.1, -0.05) is 36.4 Å². The Labute approximate surface area is 146 Å². The zero-order valence-corrected chi connectivity index (χ0v) is 14.0. The lowest BCUT2D eigenvalue weighted by Gasteiger charge is -2.34. The van der Waals surface area contributed by atoms with Gasteiger partial charge in [0.15, 0.2) is 0 Å². The summed E-state index contributed by atoms with van der Waals surface area (Å²) in [6, 6.07) is 16.3. The van der Waals surface area contributed by atoms with Crippen LogP contribution in [-0.2, 0) is 6.42 Å². The maximum atomic E-state index is 12.5. The first-order valence-electron chi connectivity index (χ1n) is 8.43. The number of rotatable bonds is 5. The molecule has 0 saturated carbocycles. The molecule has 0 aromatic heterocycles. The van der Waals surface area contributed by atoms with Crippen LogP contribution in [0.3, 0.4) is 0 Å². The highest BCUT2D eigenvalue weighted by Gasteiger charge is 2.23. The fourth-order valence-corrected chi connectivity index (χ4v) is 3.04. The van der Waals surface area contributed by atoms with Crippen molar-refractivity contribution in [2.24, 2.45) is 0 Å². The Morgan fingerprint density at radius 2 is 1.72 bits per heavy atom. The Kier molecular flexibility index (Phi) is 5.40. The van der Waals surface area contributed by atoms with Crippen molar-refractivity contribution in [2.75, 3.05) is 32.7 Å². The number of hydrogen-bond donors (Lipinski definition) is 0. The third-order valence-corrected chi connectivity index (χ3v) is 4.52. The lowest BCUT2D eigenvalue weighted by molar-refractivity contribution is -0.384. The minimum absolute atomic E-state index is 0.0488. The minimum Gasteiger partial charge on any atom is -0.336 e. The first kappa shape index (κ1) is 17.1. The highest BCUT2D eigenvalue weighted by atomic mass is 16.6. The molecule has 2 aromatic rings. The van der Waals surface area contributed by atoms with Crippen molar-refractivity contribution >= 4 is 11.6 Å². The standard InChI is InChI=1S/C19H21N3O3/c23-19(17-7-4-8-18(15-17)22(24)25)21-13-11-20(12-14-21)10-9-16-5-2-1-3-6-16/h1-8,15H,9-14H2. The van der Waals surface area contributed by atoms with Crippen molar-refractivity contribution in [3.8, 4) is 0 Å². The first-order chi connectivity index (χ1) is 12.1. The molecule has 0 spiro atoms. The van der Waals surface area contributed by atoms with Gasteiger partial charge in [0.25, 0.3) is 11.6 Å². The predicted molar refractivity (Wildman–Crippen MR) is 95.6 cm³/mol. The van der Waals surface area contributed by atoms with Crippen LogP contribution in [0.4, 0.5) is 5.69 Å². The molecule has 6 nitrogen and oxygen atoms in total. The minimum atomic E-state index is -0.474. The number of carbonyl (C=O) groups excluding carboxylic acids is 1. The van der Waals surface area contributed by atoms with Gasteiger partial charge in [0, 0.05) is 50.4 Å². The van der Waals surface area contributed by atoms with E-state index >= 15 is 0 Å². The van der Waals surface area contributed by atoms with E-state index in [1.165, 1.54) is 17.7 Å². The smallest absolute Gasteiger partial charge is 0.270 e. The van der Waals surface area contributed by atoms with Crippen molar-refractivity contribution < 1.29 is 9.72 Å². The molecule has 1 aliphatic rings. The van der Waals surface area contributed by atoms with Gasteiger partial charge in [-0.15, -0.1) is 0 Å². The van der Waals surface area contributed by atoms with E-state index in [4.69, 9.17) is 0 Å². The van der Waals surface area contributed by atoms with Crippen molar-refractivity contribution in [3.63, 3.8) is 0 Å². The zero-order chi connectivity index (χ0) is 17.6. The van der Waals surface area contributed by atoms with Crippen LogP contribution >= 0.6 is 0 Å². The summed E-state index contributed by atoms with van der Waals surface area (Å²) >= 11 is 0. The van der Waals surface area contributed by atoms with E-state index in [2.05, 4.69) is 17.0 Å². The molecule has 0 atom stereocenters. The molecule has 0 N–H and O–H groups in total. The summed E-state index contributed by atoms with van der Waals surface area (Å²) in [5.74, 6) is -0.133. The summed E-state index contributed by atoms with van der Waals surface area (Å²) in [4.78, 5) is 27.1. The number of nitrogens with zero attached hydrogens (tertiary/aromatic N) is 3. The van der Waals surface area contributed by atoms with Crippen LogP contribution in [0.25, 0.3) is 0 Å². The molecular formula is C19H21N3O3. The molecule has 1 amide bonds. The summed E-state index contributed by atoms with van der Waals surface area (Å²) in [5.41, 5.74) is 1.65. The van der Waals surface area contributed by atoms with Crippen molar-refractivity contribution in [2.45, 2.75) is 6.42 Å². The maximum absolute atomic E-state index is 12.5. The van der Waals surface area contributed by atoms with E-state index in [1.54, 1.807) is 17.0 Å². The van der Waals surface area contributed by atoms with Crippen molar-refractivity contribution in [1.29, 1.82) is 0 Å². The zero-order valence-electron chi connectivity index (χ0n) is 14.0. The van der Waals surface area contributed by atoms with Gasteiger partial charge in [0.1, 0.15) is 0 Å². The number of nitro groups is 1. The summed E-state index contributed by atoms with van der Waals surface area (Å²) < 4.78 is 0.